The van der Waals surface area contributed by atoms with E-state index < -0.39 is 0 Å². The molecular weight excluding hydrogens is 124 g/mol. The van der Waals surface area contributed by atoms with Crippen molar-refractivity contribution in [2.75, 3.05) is 0 Å². The van der Waals surface area contributed by atoms with Gasteiger partial charge in [0.05, 0.1) is 6.10 Å². The first-order valence-corrected chi connectivity index (χ1v) is 4.34. The summed E-state index contributed by atoms with van der Waals surface area (Å²) in [7, 11) is 0. The number of hydrogen-bond donors (Lipinski definition) is 1. The zero-order valence-electron chi connectivity index (χ0n) is 7.43. The lowest BCUT2D eigenvalue weighted by Gasteiger charge is -2.11. The topological polar surface area (TPSA) is 20.2 Å². The number of aliphatic hydroxyl groups is 1. The lowest BCUT2D eigenvalue weighted by molar-refractivity contribution is 0.136. The molecule has 1 atom stereocenters. The van der Waals surface area contributed by atoms with Crippen molar-refractivity contribution in [2.45, 2.75) is 52.6 Å². The molecular formula is C9H20O. The van der Waals surface area contributed by atoms with E-state index in [0.29, 0.717) is 5.92 Å². The van der Waals surface area contributed by atoms with Gasteiger partial charge >= 0.3 is 0 Å². The molecule has 0 saturated heterocycles. The molecule has 0 heterocycles. The van der Waals surface area contributed by atoms with Gasteiger partial charge in [0.15, 0.2) is 0 Å². The van der Waals surface area contributed by atoms with E-state index in [9.17, 15) is 5.11 Å². The first-order valence-electron chi connectivity index (χ1n) is 4.34. The SMILES string of the molecule is CCCC[C@H](O)CC(C)C. The van der Waals surface area contributed by atoms with Gasteiger partial charge in [-0.05, 0) is 18.8 Å². The maximum atomic E-state index is 9.35. The Morgan fingerprint density at radius 2 is 1.90 bits per heavy atom. The van der Waals surface area contributed by atoms with Crippen molar-refractivity contribution in [3.05, 3.63) is 0 Å². The molecule has 0 aliphatic carbocycles. The minimum Gasteiger partial charge on any atom is -0.393 e. The first kappa shape index (κ1) is 9.96. The number of hydrogen-bond acceptors (Lipinski definition) is 1. The molecule has 1 heteroatoms. The van der Waals surface area contributed by atoms with Crippen LogP contribution in [0.1, 0.15) is 46.5 Å². The Morgan fingerprint density at radius 3 is 2.30 bits per heavy atom. The van der Waals surface area contributed by atoms with Crippen molar-refractivity contribution in [1.29, 1.82) is 0 Å². The van der Waals surface area contributed by atoms with Crippen molar-refractivity contribution in [3.8, 4) is 0 Å². The summed E-state index contributed by atoms with van der Waals surface area (Å²) in [6.45, 7) is 6.45. The molecule has 0 amide bonds. The third kappa shape index (κ3) is 6.09. The molecule has 0 spiro atoms. The van der Waals surface area contributed by atoms with Crippen LogP contribution < -0.4 is 0 Å². The number of rotatable bonds is 5. The summed E-state index contributed by atoms with van der Waals surface area (Å²) in [6, 6.07) is 0. The summed E-state index contributed by atoms with van der Waals surface area (Å²) >= 11 is 0. The number of aliphatic hydroxyl groups excluding tert-OH is 1. The highest BCUT2D eigenvalue weighted by Crippen LogP contribution is 2.09. The van der Waals surface area contributed by atoms with Crippen LogP contribution in [-0.2, 0) is 0 Å². The standard InChI is InChI=1S/C9H20O/c1-4-5-6-9(10)7-8(2)3/h8-10H,4-7H2,1-3H3/t9-/m0/s1. The van der Waals surface area contributed by atoms with Crippen LogP contribution in [0.15, 0.2) is 0 Å². The zero-order chi connectivity index (χ0) is 7.98. The van der Waals surface area contributed by atoms with E-state index in [1.165, 1.54) is 6.42 Å². The monoisotopic (exact) mass is 144 g/mol. The fourth-order valence-corrected chi connectivity index (χ4v) is 1.10. The van der Waals surface area contributed by atoms with E-state index in [4.69, 9.17) is 0 Å². The Balaban J connectivity index is 3.16. The van der Waals surface area contributed by atoms with E-state index in [-0.39, 0.29) is 6.10 Å². The predicted octanol–water partition coefficient (Wildman–Crippen LogP) is 2.58. The smallest absolute Gasteiger partial charge is 0.0542 e. The van der Waals surface area contributed by atoms with Gasteiger partial charge in [0.25, 0.3) is 0 Å². The predicted molar refractivity (Wildman–Crippen MR) is 45.0 cm³/mol. The third-order valence-electron chi connectivity index (χ3n) is 1.63. The Labute approximate surface area is 64.5 Å². The molecule has 0 aromatic heterocycles. The van der Waals surface area contributed by atoms with Crippen LogP contribution in [0.2, 0.25) is 0 Å². The van der Waals surface area contributed by atoms with E-state index in [1.54, 1.807) is 0 Å². The van der Waals surface area contributed by atoms with Crippen LogP contribution in [-0.4, -0.2) is 11.2 Å². The second-order valence-electron chi connectivity index (χ2n) is 3.43. The van der Waals surface area contributed by atoms with Crippen molar-refractivity contribution in [3.63, 3.8) is 0 Å². The molecule has 0 rings (SSSR count). The Kier molecular flexibility index (Phi) is 5.70. The summed E-state index contributed by atoms with van der Waals surface area (Å²) < 4.78 is 0. The molecule has 0 bridgehead atoms. The van der Waals surface area contributed by atoms with Gasteiger partial charge in [-0.1, -0.05) is 33.6 Å². The first-order chi connectivity index (χ1) is 4.66. The maximum Gasteiger partial charge on any atom is 0.0542 e. The van der Waals surface area contributed by atoms with Gasteiger partial charge < -0.3 is 5.11 Å². The summed E-state index contributed by atoms with van der Waals surface area (Å²) in [5.41, 5.74) is 0. The van der Waals surface area contributed by atoms with Crippen molar-refractivity contribution < 1.29 is 5.11 Å². The molecule has 1 N–H and O–H groups in total. The van der Waals surface area contributed by atoms with Crippen LogP contribution in [0.25, 0.3) is 0 Å². The zero-order valence-corrected chi connectivity index (χ0v) is 7.43. The number of unbranched alkanes of at least 4 members (excludes halogenated alkanes) is 1. The fraction of sp³-hybridized carbons (Fsp3) is 1.00. The van der Waals surface area contributed by atoms with E-state index in [1.807, 2.05) is 0 Å². The molecule has 1 nitrogen and oxygen atoms in total. The van der Waals surface area contributed by atoms with E-state index in [2.05, 4.69) is 20.8 Å². The molecule has 62 valence electrons. The molecule has 0 aromatic carbocycles. The molecule has 0 unspecified atom stereocenters. The summed E-state index contributed by atoms with van der Waals surface area (Å²) in [4.78, 5) is 0. The Bertz CT molecular complexity index is 69.1. The maximum absolute atomic E-state index is 9.35. The minimum atomic E-state index is -0.0556. The van der Waals surface area contributed by atoms with Gasteiger partial charge in [-0.15, -0.1) is 0 Å². The molecule has 0 aliphatic heterocycles. The van der Waals surface area contributed by atoms with Crippen LogP contribution in [0.5, 0.6) is 0 Å². The lowest BCUT2D eigenvalue weighted by atomic mass is 10.0. The lowest BCUT2D eigenvalue weighted by Crippen LogP contribution is -2.09. The third-order valence-corrected chi connectivity index (χ3v) is 1.63. The van der Waals surface area contributed by atoms with Crippen molar-refractivity contribution in [1.82, 2.24) is 0 Å². The summed E-state index contributed by atoms with van der Waals surface area (Å²) in [5.74, 6) is 0.631. The largest absolute Gasteiger partial charge is 0.393 e. The average molecular weight is 144 g/mol. The Morgan fingerprint density at radius 1 is 1.30 bits per heavy atom. The van der Waals surface area contributed by atoms with Crippen molar-refractivity contribution in [2.24, 2.45) is 5.92 Å². The average Bonchev–Trinajstić information content (AvgIpc) is 1.82. The fourth-order valence-electron chi connectivity index (χ4n) is 1.10. The van der Waals surface area contributed by atoms with Gasteiger partial charge in [-0.3, -0.25) is 0 Å². The highest BCUT2D eigenvalue weighted by molar-refractivity contribution is 4.57. The second-order valence-corrected chi connectivity index (χ2v) is 3.43. The van der Waals surface area contributed by atoms with Gasteiger partial charge in [0.2, 0.25) is 0 Å². The molecule has 0 aliphatic rings. The van der Waals surface area contributed by atoms with Crippen LogP contribution >= 0.6 is 0 Å². The second kappa shape index (κ2) is 5.72. The normalized spacial score (nSPS) is 14.1. The highest BCUT2D eigenvalue weighted by Gasteiger charge is 2.04. The molecule has 0 radical (unpaired) electrons. The van der Waals surface area contributed by atoms with E-state index >= 15 is 0 Å². The van der Waals surface area contributed by atoms with Crippen molar-refractivity contribution >= 4 is 0 Å². The quantitative estimate of drug-likeness (QED) is 0.628. The minimum absolute atomic E-state index is 0.0556. The molecule has 0 fully saturated rings. The van der Waals surface area contributed by atoms with Crippen LogP contribution in [0.4, 0.5) is 0 Å². The summed E-state index contributed by atoms with van der Waals surface area (Å²) in [6.07, 6.45) is 4.23. The van der Waals surface area contributed by atoms with E-state index in [0.717, 1.165) is 19.3 Å². The van der Waals surface area contributed by atoms with Gasteiger partial charge in [0.1, 0.15) is 0 Å². The Hall–Kier alpha value is -0.0400. The van der Waals surface area contributed by atoms with Gasteiger partial charge in [-0.2, -0.15) is 0 Å². The molecule has 0 aromatic rings. The summed E-state index contributed by atoms with van der Waals surface area (Å²) in [5, 5.41) is 9.35. The van der Waals surface area contributed by atoms with Crippen LogP contribution in [0.3, 0.4) is 0 Å². The molecule has 0 saturated carbocycles. The van der Waals surface area contributed by atoms with Gasteiger partial charge in [0, 0.05) is 0 Å². The van der Waals surface area contributed by atoms with Crippen LogP contribution in [0, 0.1) is 5.92 Å². The van der Waals surface area contributed by atoms with Gasteiger partial charge in [-0.25, -0.2) is 0 Å². The highest BCUT2D eigenvalue weighted by atomic mass is 16.3. The molecule has 10 heavy (non-hydrogen) atoms.